The number of hydrazine groups is 1. The number of para-hydroxylation sites is 1. The highest BCUT2D eigenvalue weighted by Crippen LogP contribution is 2.33. The van der Waals surface area contributed by atoms with Crippen LogP contribution in [0, 0.1) is 0 Å². The van der Waals surface area contributed by atoms with Gasteiger partial charge in [0.25, 0.3) is 0 Å². The molecule has 0 aliphatic heterocycles. The zero-order valence-electron chi connectivity index (χ0n) is 17.5. The number of anilines is 2. The van der Waals surface area contributed by atoms with E-state index >= 15 is 0 Å². The Balaban J connectivity index is 1.58. The van der Waals surface area contributed by atoms with Crippen LogP contribution in [0.1, 0.15) is 11.1 Å². The number of hydrogen-bond donors (Lipinski definition) is 3. The highest BCUT2D eigenvalue weighted by molar-refractivity contribution is 7.99. The molecule has 4 aromatic rings. The molecule has 1 aromatic heterocycles. The Morgan fingerprint density at radius 1 is 0.839 bits per heavy atom. The van der Waals surface area contributed by atoms with Gasteiger partial charge in [0.1, 0.15) is 0 Å². The molecule has 0 radical (unpaired) electrons. The molecule has 0 saturated carbocycles. The molecule has 0 aliphatic rings. The normalized spacial score (nSPS) is 11.1. The Morgan fingerprint density at radius 2 is 1.48 bits per heavy atom. The van der Waals surface area contributed by atoms with Crippen LogP contribution in [0.2, 0.25) is 0 Å². The van der Waals surface area contributed by atoms with Crippen molar-refractivity contribution in [2.45, 2.75) is 22.9 Å². The lowest BCUT2D eigenvalue weighted by Crippen LogP contribution is -2.21. The van der Waals surface area contributed by atoms with E-state index in [2.05, 4.69) is 32.8 Å². The monoisotopic (exact) mass is 431 g/mol. The molecule has 0 amide bonds. The molecule has 4 rings (SSSR count). The zero-order chi connectivity index (χ0) is 21.6. The molecule has 0 spiro atoms. The van der Waals surface area contributed by atoms with E-state index in [0.717, 1.165) is 37.6 Å². The number of aromatic nitrogens is 2. The third-order valence-corrected chi connectivity index (χ3v) is 5.94. The Morgan fingerprint density at radius 3 is 2.23 bits per heavy atom. The van der Waals surface area contributed by atoms with Crippen LogP contribution in [0.15, 0.2) is 82.6 Å². The highest BCUT2D eigenvalue weighted by atomic mass is 32.2. The van der Waals surface area contributed by atoms with Crippen LogP contribution in [-0.2, 0) is 13.2 Å². The molecule has 0 bridgehead atoms. The van der Waals surface area contributed by atoms with Gasteiger partial charge >= 0.3 is 0 Å². The Bertz CT molecular complexity index is 1180. The van der Waals surface area contributed by atoms with E-state index in [-0.39, 0.29) is 6.61 Å². The smallest absolute Gasteiger partial charge is 0.225 e. The quantitative estimate of drug-likeness (QED) is 0.347. The molecule has 3 N–H and O–H groups in total. The third-order valence-electron chi connectivity index (χ3n) is 4.71. The number of nitrogens with one attached hydrogen (secondary N) is 2. The minimum absolute atomic E-state index is 0.0240. The first-order chi connectivity index (χ1) is 15.1. The van der Waals surface area contributed by atoms with Crippen LogP contribution >= 0.6 is 11.8 Å². The summed E-state index contributed by atoms with van der Waals surface area (Å²) in [4.78, 5) is 11.5. The van der Waals surface area contributed by atoms with Gasteiger partial charge in [0.05, 0.1) is 12.1 Å². The summed E-state index contributed by atoms with van der Waals surface area (Å²) in [6, 6.07) is 24.1. The number of hydrogen-bond acceptors (Lipinski definition) is 7. The molecule has 0 fully saturated rings. The fraction of sp³-hybridized carbons (Fsp3) is 0.167. The zero-order valence-corrected chi connectivity index (χ0v) is 18.4. The second kappa shape index (κ2) is 9.78. The molecular formula is C24H25N5OS. The van der Waals surface area contributed by atoms with Gasteiger partial charge in [0.15, 0.2) is 5.82 Å². The third kappa shape index (κ3) is 5.14. The lowest BCUT2D eigenvalue weighted by Gasteiger charge is -2.16. The summed E-state index contributed by atoms with van der Waals surface area (Å²) in [6.45, 7) is 0.611. The molecule has 0 atom stereocenters. The number of nitrogens with zero attached hydrogens (tertiary/aromatic N) is 3. The molecule has 0 aliphatic carbocycles. The van der Waals surface area contributed by atoms with Crippen LogP contribution in [0.4, 0.5) is 11.8 Å². The molecule has 0 saturated heterocycles. The largest absolute Gasteiger partial charge is 0.392 e. The van der Waals surface area contributed by atoms with Crippen molar-refractivity contribution >= 4 is 34.4 Å². The van der Waals surface area contributed by atoms with Crippen molar-refractivity contribution in [2.75, 3.05) is 24.8 Å². The number of aliphatic hydroxyl groups excluding tert-OH is 1. The van der Waals surface area contributed by atoms with Crippen molar-refractivity contribution in [3.05, 3.63) is 83.9 Å². The van der Waals surface area contributed by atoms with Crippen LogP contribution in [-0.4, -0.2) is 34.2 Å². The topological polar surface area (TPSA) is 73.3 Å². The van der Waals surface area contributed by atoms with Crippen LogP contribution < -0.4 is 10.7 Å². The Labute approximate surface area is 186 Å². The van der Waals surface area contributed by atoms with Gasteiger partial charge in [-0.1, -0.05) is 60.3 Å². The summed E-state index contributed by atoms with van der Waals surface area (Å²) in [5, 5.41) is 15.9. The molecule has 158 valence electrons. The summed E-state index contributed by atoms with van der Waals surface area (Å²) in [7, 11) is 3.86. The fourth-order valence-electron chi connectivity index (χ4n) is 3.23. The molecule has 0 unspecified atom stereocenters. The van der Waals surface area contributed by atoms with E-state index in [4.69, 9.17) is 0 Å². The highest BCUT2D eigenvalue weighted by Gasteiger charge is 2.10. The first-order valence-electron chi connectivity index (χ1n) is 10.0. The van der Waals surface area contributed by atoms with Crippen LogP contribution in [0.25, 0.3) is 10.9 Å². The van der Waals surface area contributed by atoms with Crippen molar-refractivity contribution in [1.29, 1.82) is 0 Å². The van der Waals surface area contributed by atoms with E-state index in [1.807, 2.05) is 79.8 Å². The van der Waals surface area contributed by atoms with E-state index in [9.17, 15) is 5.11 Å². The van der Waals surface area contributed by atoms with Gasteiger partial charge in [-0.2, -0.15) is 4.98 Å². The lowest BCUT2D eigenvalue weighted by atomic mass is 10.2. The number of aliphatic hydroxyl groups is 1. The molecule has 1 heterocycles. The molecule has 31 heavy (non-hydrogen) atoms. The van der Waals surface area contributed by atoms with E-state index in [1.165, 1.54) is 0 Å². The SMILES string of the molecule is CN(C)Nc1nc(NCc2ccccc2Sc2ccccc2CO)nc2ccccc12. The molecule has 6 nitrogen and oxygen atoms in total. The van der Waals surface area contributed by atoms with Crippen molar-refractivity contribution < 1.29 is 5.11 Å². The molecular weight excluding hydrogens is 406 g/mol. The average molecular weight is 432 g/mol. The Kier molecular flexibility index (Phi) is 6.66. The maximum Gasteiger partial charge on any atom is 0.225 e. The predicted molar refractivity (Wildman–Crippen MR) is 127 cm³/mol. The summed E-state index contributed by atoms with van der Waals surface area (Å²) in [5.41, 5.74) is 6.20. The maximum atomic E-state index is 9.64. The van der Waals surface area contributed by atoms with E-state index in [0.29, 0.717) is 12.5 Å². The minimum atomic E-state index is 0.0240. The first kappa shape index (κ1) is 21.1. The maximum absolute atomic E-state index is 9.64. The van der Waals surface area contributed by atoms with Gasteiger partial charge in [-0.25, -0.2) is 9.99 Å². The van der Waals surface area contributed by atoms with Gasteiger partial charge < -0.3 is 15.8 Å². The Hall–Kier alpha value is -3.13. The molecule has 7 heteroatoms. The minimum Gasteiger partial charge on any atom is -0.392 e. The van der Waals surface area contributed by atoms with Crippen molar-refractivity contribution in [1.82, 2.24) is 15.0 Å². The van der Waals surface area contributed by atoms with Crippen LogP contribution in [0.5, 0.6) is 0 Å². The number of benzene rings is 3. The summed E-state index contributed by atoms with van der Waals surface area (Å²) >= 11 is 1.65. The van der Waals surface area contributed by atoms with Gasteiger partial charge in [-0.3, -0.25) is 0 Å². The van der Waals surface area contributed by atoms with E-state index in [1.54, 1.807) is 11.8 Å². The fourth-order valence-corrected chi connectivity index (χ4v) is 4.29. The van der Waals surface area contributed by atoms with Gasteiger partial charge in [0.2, 0.25) is 5.95 Å². The standard InChI is InChI=1S/C24H25N5OS/c1-29(2)28-23-19-11-5-6-12-20(19)26-24(27-23)25-15-17-9-3-7-13-21(17)31-22-14-8-4-10-18(22)16-30/h3-14,30H,15-16H2,1-2H3,(H2,25,26,27,28). The second-order valence-corrected chi connectivity index (χ2v) is 8.33. The lowest BCUT2D eigenvalue weighted by molar-refractivity contribution is 0.279. The predicted octanol–water partition coefficient (Wildman–Crippen LogP) is 4.77. The van der Waals surface area contributed by atoms with Crippen LogP contribution in [0.3, 0.4) is 0 Å². The van der Waals surface area contributed by atoms with E-state index < -0.39 is 0 Å². The van der Waals surface area contributed by atoms with Gasteiger partial charge in [-0.05, 0) is 35.4 Å². The first-order valence-corrected chi connectivity index (χ1v) is 10.8. The second-order valence-electron chi connectivity index (χ2n) is 7.25. The van der Waals surface area contributed by atoms with Gasteiger partial charge in [0, 0.05) is 35.8 Å². The van der Waals surface area contributed by atoms with Crippen molar-refractivity contribution in [2.24, 2.45) is 0 Å². The number of fused-ring (bicyclic) bond motifs is 1. The summed E-state index contributed by atoms with van der Waals surface area (Å²) < 4.78 is 0. The number of rotatable bonds is 8. The summed E-state index contributed by atoms with van der Waals surface area (Å²) in [6.07, 6.45) is 0. The average Bonchev–Trinajstić information content (AvgIpc) is 2.78. The van der Waals surface area contributed by atoms with Crippen molar-refractivity contribution in [3.63, 3.8) is 0 Å². The van der Waals surface area contributed by atoms with Crippen molar-refractivity contribution in [3.8, 4) is 0 Å². The molecule has 3 aromatic carbocycles. The summed E-state index contributed by atoms with van der Waals surface area (Å²) in [5.74, 6) is 1.33. The van der Waals surface area contributed by atoms with Gasteiger partial charge in [-0.15, -0.1) is 0 Å².